The maximum atomic E-state index is 11.7. The first-order valence-corrected chi connectivity index (χ1v) is 11.6. The first-order valence-electron chi connectivity index (χ1n) is 11.6. The minimum Gasteiger partial charge on any atom is -0.505 e. The molecule has 0 saturated heterocycles. The fraction of sp³-hybridized carbons (Fsp3) is 0.826. The summed E-state index contributed by atoms with van der Waals surface area (Å²) in [4.78, 5) is 22.8. The van der Waals surface area contributed by atoms with Crippen LogP contribution in [0.25, 0.3) is 0 Å². The van der Waals surface area contributed by atoms with Gasteiger partial charge in [0.15, 0.2) is 11.9 Å². The lowest BCUT2D eigenvalue weighted by Crippen LogP contribution is -2.33. The van der Waals surface area contributed by atoms with E-state index in [1.807, 2.05) is 0 Å². The first-order chi connectivity index (χ1) is 14.5. The van der Waals surface area contributed by atoms with Crippen LogP contribution in [0.3, 0.4) is 0 Å². The van der Waals surface area contributed by atoms with E-state index >= 15 is 0 Å². The Morgan fingerprint density at radius 1 is 0.900 bits per heavy atom. The van der Waals surface area contributed by atoms with E-state index in [2.05, 4.69) is 11.7 Å². The van der Waals surface area contributed by atoms with Crippen LogP contribution in [0.5, 0.6) is 0 Å². The molecule has 0 amide bonds. The summed E-state index contributed by atoms with van der Waals surface area (Å²) >= 11 is 0. The highest BCUT2D eigenvalue weighted by Gasteiger charge is 2.39. The van der Waals surface area contributed by atoms with Gasteiger partial charge in [0.1, 0.15) is 12.7 Å². The molecule has 1 aliphatic rings. The molecule has 7 nitrogen and oxygen atoms in total. The van der Waals surface area contributed by atoms with Gasteiger partial charge in [0, 0.05) is 6.42 Å². The largest absolute Gasteiger partial charge is 0.505 e. The molecule has 1 aliphatic heterocycles. The fourth-order valence-electron chi connectivity index (χ4n) is 3.53. The summed E-state index contributed by atoms with van der Waals surface area (Å²) in [5, 5.41) is 28.5. The summed E-state index contributed by atoms with van der Waals surface area (Å²) < 4.78 is 9.57. The lowest BCUT2D eigenvalue weighted by atomic mass is 10.0. The van der Waals surface area contributed by atoms with Gasteiger partial charge in [0.05, 0.1) is 0 Å². The van der Waals surface area contributed by atoms with Crippen molar-refractivity contribution >= 4 is 11.9 Å². The molecule has 0 aromatic heterocycles. The SMILES string of the molecule is CCCCCCCCCCCCCCCCC(=O)OC[C@H](O)[C@H]1OC(=O)C(O)=C1O. The number of aliphatic hydroxyl groups excluding tert-OH is 3. The van der Waals surface area contributed by atoms with Crippen LogP contribution in [0.15, 0.2) is 11.5 Å². The topological polar surface area (TPSA) is 113 Å². The summed E-state index contributed by atoms with van der Waals surface area (Å²) in [5.74, 6) is -3.21. The predicted octanol–water partition coefficient (Wildman–Crippen LogP) is 5.01. The van der Waals surface area contributed by atoms with Crippen molar-refractivity contribution in [3.05, 3.63) is 11.5 Å². The number of esters is 2. The van der Waals surface area contributed by atoms with Gasteiger partial charge >= 0.3 is 11.9 Å². The van der Waals surface area contributed by atoms with Crippen LogP contribution in [-0.4, -0.2) is 46.1 Å². The van der Waals surface area contributed by atoms with Crippen LogP contribution >= 0.6 is 0 Å². The number of carbonyl (C=O) groups is 2. The molecule has 0 fully saturated rings. The van der Waals surface area contributed by atoms with E-state index in [0.717, 1.165) is 19.3 Å². The Balaban J connectivity index is 1.90. The monoisotopic (exact) mass is 428 g/mol. The van der Waals surface area contributed by atoms with Crippen LogP contribution in [0.2, 0.25) is 0 Å². The maximum absolute atomic E-state index is 11.7. The second-order valence-corrected chi connectivity index (χ2v) is 8.16. The van der Waals surface area contributed by atoms with Crippen molar-refractivity contribution in [3.8, 4) is 0 Å². The van der Waals surface area contributed by atoms with Crippen LogP contribution in [0.1, 0.15) is 103 Å². The third-order valence-electron chi connectivity index (χ3n) is 5.44. The van der Waals surface area contributed by atoms with Crippen molar-refractivity contribution < 1.29 is 34.4 Å². The zero-order valence-electron chi connectivity index (χ0n) is 18.4. The second kappa shape index (κ2) is 16.0. The lowest BCUT2D eigenvalue weighted by Gasteiger charge is -2.17. The number of ether oxygens (including phenoxy) is 2. The number of unbranched alkanes of at least 4 members (excludes halogenated alkanes) is 13. The normalized spacial score (nSPS) is 17.3. The number of hydrogen-bond acceptors (Lipinski definition) is 7. The molecule has 1 heterocycles. The number of rotatable bonds is 18. The lowest BCUT2D eigenvalue weighted by molar-refractivity contribution is -0.154. The van der Waals surface area contributed by atoms with Gasteiger partial charge in [-0.05, 0) is 6.42 Å². The van der Waals surface area contributed by atoms with Gasteiger partial charge in [-0.15, -0.1) is 0 Å². The molecule has 0 bridgehead atoms. The molecule has 0 unspecified atom stereocenters. The Morgan fingerprint density at radius 3 is 1.80 bits per heavy atom. The zero-order chi connectivity index (χ0) is 22.2. The van der Waals surface area contributed by atoms with Crippen molar-refractivity contribution in [1.29, 1.82) is 0 Å². The van der Waals surface area contributed by atoms with E-state index < -0.39 is 42.3 Å². The van der Waals surface area contributed by atoms with E-state index in [1.165, 1.54) is 70.6 Å². The van der Waals surface area contributed by atoms with E-state index in [4.69, 9.17) is 4.74 Å². The number of aliphatic hydroxyl groups is 3. The molecule has 0 aliphatic carbocycles. The predicted molar refractivity (Wildman–Crippen MR) is 114 cm³/mol. The molecular weight excluding hydrogens is 388 g/mol. The van der Waals surface area contributed by atoms with E-state index in [1.54, 1.807) is 0 Å². The molecule has 1 rings (SSSR count). The van der Waals surface area contributed by atoms with Gasteiger partial charge in [-0.3, -0.25) is 4.79 Å². The maximum Gasteiger partial charge on any atom is 0.377 e. The van der Waals surface area contributed by atoms with Gasteiger partial charge in [0.2, 0.25) is 5.76 Å². The number of carbonyl (C=O) groups excluding carboxylic acids is 2. The van der Waals surface area contributed by atoms with Crippen molar-refractivity contribution in [1.82, 2.24) is 0 Å². The number of cyclic esters (lactones) is 1. The Labute approximate surface area is 180 Å². The van der Waals surface area contributed by atoms with Crippen LogP contribution in [0.4, 0.5) is 0 Å². The minimum absolute atomic E-state index is 0.266. The van der Waals surface area contributed by atoms with Crippen LogP contribution in [0, 0.1) is 0 Å². The van der Waals surface area contributed by atoms with Crippen molar-refractivity contribution in [2.75, 3.05) is 6.61 Å². The standard InChI is InChI=1S/C23H40O7/c1-2-3-4-5-6-7-8-9-10-11-12-13-14-15-16-19(25)29-17-18(24)22-20(26)21(27)23(28)30-22/h18,22,24,26-27H,2-17H2,1H3/t18-,22+/m0/s1. The van der Waals surface area contributed by atoms with Crippen molar-refractivity contribution in [2.45, 2.75) is 115 Å². The Bertz CT molecular complexity index is 530. The van der Waals surface area contributed by atoms with Crippen LogP contribution < -0.4 is 0 Å². The smallest absolute Gasteiger partial charge is 0.377 e. The molecule has 3 N–H and O–H groups in total. The van der Waals surface area contributed by atoms with Gasteiger partial charge < -0.3 is 24.8 Å². The third-order valence-corrected chi connectivity index (χ3v) is 5.44. The molecule has 2 atom stereocenters. The van der Waals surface area contributed by atoms with Crippen molar-refractivity contribution in [3.63, 3.8) is 0 Å². The highest BCUT2D eigenvalue weighted by atomic mass is 16.6. The summed E-state index contributed by atoms with van der Waals surface area (Å²) in [6.45, 7) is 1.83. The zero-order valence-corrected chi connectivity index (χ0v) is 18.4. The molecule has 30 heavy (non-hydrogen) atoms. The summed E-state index contributed by atoms with van der Waals surface area (Å²) in [5.41, 5.74) is 0. The van der Waals surface area contributed by atoms with E-state index in [9.17, 15) is 24.9 Å². The fourth-order valence-corrected chi connectivity index (χ4v) is 3.53. The van der Waals surface area contributed by atoms with Crippen LogP contribution in [-0.2, 0) is 19.1 Å². The number of hydrogen-bond donors (Lipinski definition) is 3. The van der Waals surface area contributed by atoms with E-state index in [0.29, 0.717) is 0 Å². The quantitative estimate of drug-likeness (QED) is 0.208. The molecule has 0 aromatic rings. The van der Waals surface area contributed by atoms with Gasteiger partial charge in [-0.1, -0.05) is 90.4 Å². The highest BCUT2D eigenvalue weighted by Crippen LogP contribution is 2.21. The highest BCUT2D eigenvalue weighted by molar-refractivity contribution is 5.89. The second-order valence-electron chi connectivity index (χ2n) is 8.16. The average molecular weight is 429 g/mol. The van der Waals surface area contributed by atoms with Gasteiger partial charge in [0.25, 0.3) is 0 Å². The van der Waals surface area contributed by atoms with E-state index in [-0.39, 0.29) is 6.42 Å². The van der Waals surface area contributed by atoms with Gasteiger partial charge in [-0.2, -0.15) is 0 Å². The van der Waals surface area contributed by atoms with Crippen molar-refractivity contribution in [2.24, 2.45) is 0 Å². The summed E-state index contributed by atoms with van der Waals surface area (Å²) in [7, 11) is 0. The first kappa shape index (κ1) is 26.3. The Kier molecular flexibility index (Phi) is 14.0. The average Bonchev–Trinajstić information content (AvgIpc) is 2.99. The minimum atomic E-state index is -1.42. The molecule has 174 valence electrons. The molecular formula is C23H40O7. The molecule has 0 saturated carbocycles. The summed E-state index contributed by atoms with van der Waals surface area (Å²) in [6.07, 6.45) is 14.8. The molecule has 0 radical (unpaired) electrons. The summed E-state index contributed by atoms with van der Waals surface area (Å²) in [6, 6.07) is 0. The Morgan fingerprint density at radius 2 is 1.37 bits per heavy atom. The third kappa shape index (κ3) is 10.9. The molecule has 0 spiro atoms. The van der Waals surface area contributed by atoms with Gasteiger partial charge in [-0.25, -0.2) is 4.79 Å². The molecule has 7 heteroatoms. The molecule has 0 aromatic carbocycles. The Hall–Kier alpha value is -1.76.